The zero-order valence-corrected chi connectivity index (χ0v) is 13.6. The minimum absolute atomic E-state index is 0.0555. The summed E-state index contributed by atoms with van der Waals surface area (Å²) in [6, 6.07) is 11.7. The normalized spacial score (nSPS) is 16.2. The molecule has 0 atom stereocenters. The van der Waals surface area contributed by atoms with Crippen LogP contribution >= 0.6 is 15.9 Å². The Labute approximate surface area is 143 Å². The minimum atomic E-state index is -4.45. The van der Waals surface area contributed by atoms with E-state index < -0.39 is 17.7 Å². The molecule has 1 aliphatic rings. The van der Waals surface area contributed by atoms with Crippen molar-refractivity contribution in [2.75, 3.05) is 0 Å². The summed E-state index contributed by atoms with van der Waals surface area (Å²) in [5.41, 5.74) is -0.0505. The lowest BCUT2D eigenvalue weighted by Gasteiger charge is -2.06. The van der Waals surface area contributed by atoms with Gasteiger partial charge < -0.3 is 4.74 Å². The zero-order valence-electron chi connectivity index (χ0n) is 12.0. The van der Waals surface area contributed by atoms with Gasteiger partial charge >= 0.3 is 12.1 Å². The van der Waals surface area contributed by atoms with E-state index >= 15 is 0 Å². The van der Waals surface area contributed by atoms with Crippen molar-refractivity contribution in [2.24, 2.45) is 4.99 Å². The standard InChI is InChI=1S/C17H9BrF3NO2/c18-13-7-2-1-6-12(13)15-22-14(16(23)24-15)9-10-4-3-5-11(8-10)17(19,20)21/h1-9H. The molecule has 0 saturated carbocycles. The number of halogens is 4. The van der Waals surface area contributed by atoms with Crippen molar-refractivity contribution in [3.8, 4) is 0 Å². The van der Waals surface area contributed by atoms with Gasteiger partial charge in [0.1, 0.15) is 0 Å². The van der Waals surface area contributed by atoms with E-state index in [2.05, 4.69) is 20.9 Å². The molecule has 3 rings (SSSR count). The quantitative estimate of drug-likeness (QED) is 0.540. The third-order valence-corrected chi connectivity index (χ3v) is 3.93. The molecular weight excluding hydrogens is 387 g/mol. The van der Waals surface area contributed by atoms with Crippen molar-refractivity contribution in [2.45, 2.75) is 6.18 Å². The summed E-state index contributed by atoms with van der Waals surface area (Å²) >= 11 is 3.33. The van der Waals surface area contributed by atoms with E-state index in [1.807, 2.05) is 0 Å². The molecule has 7 heteroatoms. The van der Waals surface area contributed by atoms with Crippen molar-refractivity contribution >= 4 is 33.9 Å². The van der Waals surface area contributed by atoms with Crippen LogP contribution in [0.2, 0.25) is 0 Å². The molecule has 0 unspecified atom stereocenters. The van der Waals surface area contributed by atoms with E-state index in [9.17, 15) is 18.0 Å². The number of hydrogen-bond donors (Lipinski definition) is 0. The van der Waals surface area contributed by atoms with Crippen LogP contribution < -0.4 is 0 Å². The van der Waals surface area contributed by atoms with Gasteiger partial charge in [-0.15, -0.1) is 0 Å². The van der Waals surface area contributed by atoms with Gasteiger partial charge in [0.15, 0.2) is 5.70 Å². The van der Waals surface area contributed by atoms with Crippen LogP contribution in [0, 0.1) is 0 Å². The Kier molecular flexibility index (Phi) is 4.28. The fourth-order valence-electron chi connectivity index (χ4n) is 2.12. The highest BCUT2D eigenvalue weighted by molar-refractivity contribution is 9.10. The third kappa shape index (κ3) is 3.41. The lowest BCUT2D eigenvalue weighted by molar-refractivity contribution is -0.137. The third-order valence-electron chi connectivity index (χ3n) is 3.24. The first-order chi connectivity index (χ1) is 11.3. The average Bonchev–Trinajstić information content (AvgIpc) is 2.88. The van der Waals surface area contributed by atoms with Crippen molar-refractivity contribution in [1.29, 1.82) is 0 Å². The van der Waals surface area contributed by atoms with E-state index in [0.717, 1.165) is 12.1 Å². The zero-order chi connectivity index (χ0) is 17.3. The Balaban J connectivity index is 1.96. The van der Waals surface area contributed by atoms with Gasteiger partial charge in [0.05, 0.1) is 11.1 Å². The van der Waals surface area contributed by atoms with Crippen LogP contribution in [0.4, 0.5) is 13.2 Å². The fourth-order valence-corrected chi connectivity index (χ4v) is 2.58. The van der Waals surface area contributed by atoms with Crippen molar-refractivity contribution in [3.05, 3.63) is 75.4 Å². The first-order valence-corrected chi connectivity index (χ1v) is 7.58. The second-order valence-corrected chi connectivity index (χ2v) is 5.79. The molecule has 1 aliphatic heterocycles. The average molecular weight is 396 g/mol. The van der Waals surface area contributed by atoms with E-state index in [4.69, 9.17) is 4.74 Å². The highest BCUT2D eigenvalue weighted by atomic mass is 79.9. The van der Waals surface area contributed by atoms with Gasteiger partial charge in [0.25, 0.3) is 0 Å². The largest absolute Gasteiger partial charge is 0.416 e. The molecule has 0 bridgehead atoms. The molecular formula is C17H9BrF3NO2. The topological polar surface area (TPSA) is 38.7 Å². The second kappa shape index (κ2) is 6.24. The number of rotatable bonds is 2. The predicted molar refractivity (Wildman–Crippen MR) is 86.2 cm³/mol. The molecule has 0 N–H and O–H groups in total. The number of ether oxygens (including phenoxy) is 1. The molecule has 0 fully saturated rings. The molecule has 24 heavy (non-hydrogen) atoms. The van der Waals surface area contributed by atoms with Gasteiger partial charge in [0, 0.05) is 4.47 Å². The lowest BCUT2D eigenvalue weighted by atomic mass is 10.1. The predicted octanol–water partition coefficient (Wildman–Crippen LogP) is 4.81. The fraction of sp³-hybridized carbons (Fsp3) is 0.0588. The van der Waals surface area contributed by atoms with Crippen LogP contribution in [0.3, 0.4) is 0 Å². The van der Waals surface area contributed by atoms with Gasteiger partial charge in [-0.3, -0.25) is 0 Å². The molecule has 1 heterocycles. The van der Waals surface area contributed by atoms with E-state index in [-0.39, 0.29) is 17.2 Å². The molecule has 0 radical (unpaired) electrons. The Hall–Kier alpha value is -2.41. The number of hydrogen-bond acceptors (Lipinski definition) is 3. The SMILES string of the molecule is O=C1OC(c2ccccc2Br)=NC1=Cc1cccc(C(F)(F)F)c1. The van der Waals surface area contributed by atoms with Gasteiger partial charge in [-0.05, 0) is 51.8 Å². The Morgan fingerprint density at radius 3 is 2.54 bits per heavy atom. The van der Waals surface area contributed by atoms with Crippen molar-refractivity contribution in [3.63, 3.8) is 0 Å². The number of alkyl halides is 3. The maximum absolute atomic E-state index is 12.7. The minimum Gasteiger partial charge on any atom is -0.402 e. The van der Waals surface area contributed by atoms with Crippen LogP contribution in [0.1, 0.15) is 16.7 Å². The number of aliphatic imine (C=N–C) groups is 1. The van der Waals surface area contributed by atoms with Gasteiger partial charge in [-0.1, -0.05) is 24.3 Å². The summed E-state index contributed by atoms with van der Waals surface area (Å²) in [7, 11) is 0. The highest BCUT2D eigenvalue weighted by Gasteiger charge is 2.30. The van der Waals surface area contributed by atoms with E-state index in [1.165, 1.54) is 18.2 Å². The number of carbonyl (C=O) groups excluding carboxylic acids is 1. The number of benzene rings is 2. The maximum atomic E-state index is 12.7. The highest BCUT2D eigenvalue weighted by Crippen LogP contribution is 2.30. The summed E-state index contributed by atoms with van der Waals surface area (Å²) in [4.78, 5) is 16.0. The maximum Gasteiger partial charge on any atom is 0.416 e. The Morgan fingerprint density at radius 1 is 1.08 bits per heavy atom. The Morgan fingerprint density at radius 2 is 1.83 bits per heavy atom. The number of carbonyl (C=O) groups is 1. The molecule has 0 aromatic heterocycles. The summed E-state index contributed by atoms with van der Waals surface area (Å²) in [6.07, 6.45) is -3.19. The Bertz CT molecular complexity index is 872. The van der Waals surface area contributed by atoms with Crippen LogP contribution in [0.25, 0.3) is 6.08 Å². The van der Waals surface area contributed by atoms with Gasteiger partial charge in [-0.25, -0.2) is 9.79 Å². The molecule has 3 nitrogen and oxygen atoms in total. The molecule has 2 aromatic carbocycles. The van der Waals surface area contributed by atoms with Gasteiger partial charge in [0.2, 0.25) is 5.90 Å². The number of nitrogens with zero attached hydrogens (tertiary/aromatic N) is 1. The molecule has 0 spiro atoms. The molecule has 2 aromatic rings. The lowest BCUT2D eigenvalue weighted by Crippen LogP contribution is -2.06. The summed E-state index contributed by atoms with van der Waals surface area (Å²) in [5, 5.41) is 0. The number of cyclic esters (lactones) is 1. The van der Waals surface area contributed by atoms with Gasteiger partial charge in [-0.2, -0.15) is 13.2 Å². The van der Waals surface area contributed by atoms with E-state index in [0.29, 0.717) is 10.0 Å². The summed E-state index contributed by atoms with van der Waals surface area (Å²) in [5.74, 6) is -0.608. The second-order valence-electron chi connectivity index (χ2n) is 4.94. The van der Waals surface area contributed by atoms with Crippen molar-refractivity contribution in [1.82, 2.24) is 0 Å². The first kappa shape index (κ1) is 16.4. The van der Waals surface area contributed by atoms with Crippen LogP contribution in [0.5, 0.6) is 0 Å². The smallest absolute Gasteiger partial charge is 0.402 e. The number of esters is 1. The van der Waals surface area contributed by atoms with Crippen molar-refractivity contribution < 1.29 is 22.7 Å². The molecule has 0 saturated heterocycles. The first-order valence-electron chi connectivity index (χ1n) is 6.79. The van der Waals surface area contributed by atoms with Crippen LogP contribution in [-0.4, -0.2) is 11.9 Å². The van der Waals surface area contributed by atoms with Crippen LogP contribution in [-0.2, 0) is 15.7 Å². The monoisotopic (exact) mass is 395 g/mol. The molecule has 122 valence electrons. The molecule has 0 amide bonds. The van der Waals surface area contributed by atoms with E-state index in [1.54, 1.807) is 24.3 Å². The summed E-state index contributed by atoms with van der Waals surface area (Å²) in [6.45, 7) is 0. The molecule has 0 aliphatic carbocycles. The van der Waals surface area contributed by atoms with Crippen LogP contribution in [0.15, 0.2) is 63.7 Å². The summed E-state index contributed by atoms with van der Waals surface area (Å²) < 4.78 is 44.0.